The number of H-pyrrole nitrogens is 2. The fourth-order valence-electron chi connectivity index (χ4n) is 1.90. The average molecular weight is 290 g/mol. The molecule has 3 N–H and O–H groups in total. The topological polar surface area (TPSA) is 104 Å². The summed E-state index contributed by atoms with van der Waals surface area (Å²) in [7, 11) is 0. The predicted octanol–water partition coefficient (Wildman–Crippen LogP) is 2.44. The lowest BCUT2D eigenvalue weighted by Crippen LogP contribution is -1.99. The van der Waals surface area contributed by atoms with Crippen molar-refractivity contribution >= 4 is 33.1 Å². The van der Waals surface area contributed by atoms with Crippen molar-refractivity contribution < 1.29 is 4.92 Å². The molecule has 0 amide bonds. The number of anilines is 1. The molecule has 2 aromatic heterocycles. The third kappa shape index (κ3) is 2.41. The first-order valence-electron chi connectivity index (χ1n) is 5.79. The molecule has 0 aliphatic heterocycles. The second-order valence-electron chi connectivity index (χ2n) is 4.24. The number of benzene rings is 1. The molecule has 20 heavy (non-hydrogen) atoms. The maximum absolute atomic E-state index is 11.2. The molecule has 0 aliphatic carbocycles. The van der Waals surface area contributed by atoms with Crippen LogP contribution in [0.4, 0.5) is 10.7 Å². The predicted molar refractivity (Wildman–Crippen MR) is 77.2 cm³/mol. The summed E-state index contributed by atoms with van der Waals surface area (Å²) in [4.78, 5) is 26.7. The molecule has 0 fully saturated rings. The van der Waals surface area contributed by atoms with E-state index < -0.39 is 4.92 Å². The highest BCUT2D eigenvalue weighted by Crippen LogP contribution is 2.23. The molecule has 3 aromatic rings. The third-order valence-corrected chi connectivity index (χ3v) is 3.76. The highest BCUT2D eigenvalue weighted by molar-refractivity contribution is 7.13. The van der Waals surface area contributed by atoms with Crippen LogP contribution in [0.5, 0.6) is 0 Å². The lowest BCUT2D eigenvalue weighted by atomic mass is 10.2. The Morgan fingerprint density at radius 3 is 2.80 bits per heavy atom. The van der Waals surface area contributed by atoms with Crippen LogP contribution in [0.3, 0.4) is 0 Å². The number of aromatic amines is 2. The van der Waals surface area contributed by atoms with Gasteiger partial charge >= 0.3 is 10.7 Å². The minimum Gasteiger partial charge on any atom is -0.381 e. The quantitative estimate of drug-likeness (QED) is 0.507. The van der Waals surface area contributed by atoms with E-state index in [9.17, 15) is 14.9 Å². The van der Waals surface area contributed by atoms with Crippen LogP contribution in [0.15, 0.2) is 34.4 Å². The van der Waals surface area contributed by atoms with Crippen LogP contribution in [0.1, 0.15) is 5.56 Å². The second kappa shape index (κ2) is 4.82. The molecule has 0 spiro atoms. The van der Waals surface area contributed by atoms with Crippen LogP contribution in [0.2, 0.25) is 0 Å². The minimum absolute atomic E-state index is 0.132. The zero-order valence-corrected chi connectivity index (χ0v) is 11.0. The van der Waals surface area contributed by atoms with Gasteiger partial charge in [0.15, 0.2) is 0 Å². The van der Waals surface area contributed by atoms with E-state index >= 15 is 0 Å². The summed E-state index contributed by atoms with van der Waals surface area (Å²) in [5.74, 6) is 0. The molecular formula is C12H10N4O3S. The molecule has 7 nitrogen and oxygen atoms in total. The molecule has 0 saturated carbocycles. The Hall–Kier alpha value is -2.61. The number of imidazole rings is 1. The lowest BCUT2D eigenvalue weighted by molar-refractivity contribution is -0.380. The number of hydrogen-bond donors (Lipinski definition) is 3. The first kappa shape index (κ1) is 12.4. The van der Waals surface area contributed by atoms with Crippen LogP contribution >= 0.6 is 11.3 Å². The minimum atomic E-state index is -0.398. The highest BCUT2D eigenvalue weighted by atomic mass is 32.1. The molecule has 0 unspecified atom stereocenters. The summed E-state index contributed by atoms with van der Waals surface area (Å²) in [6, 6.07) is 7.00. The number of thiophene rings is 1. The molecule has 102 valence electrons. The van der Waals surface area contributed by atoms with Gasteiger partial charge in [-0.15, -0.1) is 0 Å². The van der Waals surface area contributed by atoms with Crippen LogP contribution in [-0.2, 0) is 6.54 Å². The lowest BCUT2D eigenvalue weighted by Gasteiger charge is -2.04. The molecule has 0 aliphatic rings. The Kier molecular flexibility index (Phi) is 2.99. The van der Waals surface area contributed by atoms with E-state index in [1.807, 2.05) is 12.1 Å². The molecule has 1 aromatic carbocycles. The third-order valence-electron chi connectivity index (χ3n) is 2.83. The summed E-state index contributed by atoms with van der Waals surface area (Å²) < 4.78 is 0. The van der Waals surface area contributed by atoms with Gasteiger partial charge in [0.05, 0.1) is 16.0 Å². The van der Waals surface area contributed by atoms with Crippen molar-refractivity contribution in [1.29, 1.82) is 0 Å². The summed E-state index contributed by atoms with van der Waals surface area (Å²) in [5, 5.41) is 15.6. The Balaban J connectivity index is 1.75. The van der Waals surface area contributed by atoms with E-state index in [0.29, 0.717) is 6.54 Å². The van der Waals surface area contributed by atoms with Crippen molar-refractivity contribution in [3.63, 3.8) is 0 Å². The summed E-state index contributed by atoms with van der Waals surface area (Å²) >= 11 is 1.11. The first-order chi connectivity index (χ1) is 9.61. The summed E-state index contributed by atoms with van der Waals surface area (Å²) in [6.07, 6.45) is 0. The smallest absolute Gasteiger partial charge is 0.324 e. The average Bonchev–Trinajstić information content (AvgIpc) is 3.00. The van der Waals surface area contributed by atoms with Crippen LogP contribution < -0.4 is 11.0 Å². The van der Waals surface area contributed by atoms with Gasteiger partial charge in [-0.2, -0.15) is 0 Å². The molecule has 3 rings (SSSR count). The van der Waals surface area contributed by atoms with Gasteiger partial charge in [0.2, 0.25) is 0 Å². The van der Waals surface area contributed by atoms with E-state index in [-0.39, 0.29) is 10.7 Å². The van der Waals surface area contributed by atoms with E-state index in [2.05, 4.69) is 15.3 Å². The van der Waals surface area contributed by atoms with Gasteiger partial charge in [0.25, 0.3) is 0 Å². The molecule has 8 heteroatoms. The first-order valence-corrected chi connectivity index (χ1v) is 6.67. The van der Waals surface area contributed by atoms with Crippen molar-refractivity contribution in [1.82, 2.24) is 9.97 Å². The maximum Gasteiger partial charge on any atom is 0.324 e. The zero-order valence-electron chi connectivity index (χ0n) is 10.2. The number of rotatable bonds is 4. The molecular weight excluding hydrogens is 280 g/mol. The molecule has 0 atom stereocenters. The van der Waals surface area contributed by atoms with E-state index in [0.717, 1.165) is 33.6 Å². The molecule has 0 bridgehead atoms. The number of hydrogen-bond acceptors (Lipinski definition) is 5. The monoisotopic (exact) mass is 290 g/mol. The number of nitrogens with zero attached hydrogens (tertiary/aromatic N) is 1. The van der Waals surface area contributed by atoms with Gasteiger partial charge in [-0.05, 0) is 23.8 Å². The van der Waals surface area contributed by atoms with E-state index in [1.54, 1.807) is 17.5 Å². The zero-order chi connectivity index (χ0) is 14.1. The molecule has 2 heterocycles. The van der Waals surface area contributed by atoms with Gasteiger partial charge in [0, 0.05) is 23.7 Å². The maximum atomic E-state index is 11.2. The van der Waals surface area contributed by atoms with Crippen LogP contribution in [0.25, 0.3) is 11.0 Å². The fourth-order valence-corrected chi connectivity index (χ4v) is 2.63. The van der Waals surface area contributed by atoms with Crippen LogP contribution in [-0.4, -0.2) is 14.9 Å². The van der Waals surface area contributed by atoms with Gasteiger partial charge in [-0.25, -0.2) is 4.79 Å². The fraction of sp³-hybridized carbons (Fsp3) is 0.0833. The number of fused-ring (bicyclic) bond motifs is 1. The van der Waals surface area contributed by atoms with Crippen molar-refractivity contribution in [2.24, 2.45) is 0 Å². The van der Waals surface area contributed by atoms with Gasteiger partial charge in [-0.3, -0.25) is 10.1 Å². The van der Waals surface area contributed by atoms with Gasteiger partial charge in [-0.1, -0.05) is 11.3 Å². The Labute approximate surface area is 116 Å². The Morgan fingerprint density at radius 1 is 1.25 bits per heavy atom. The largest absolute Gasteiger partial charge is 0.381 e. The van der Waals surface area contributed by atoms with Crippen molar-refractivity contribution in [2.45, 2.75) is 6.54 Å². The Bertz CT molecular complexity index is 832. The number of nitrogens with one attached hydrogen (secondary N) is 3. The standard InChI is InChI=1S/C12H10N4O3S/c17-12-14-9-2-1-8(4-10(9)15-12)13-5-7-3-11(16(18)19)20-6-7/h1-4,6,13H,5H2,(H2,14,15,17). The normalized spacial score (nSPS) is 10.8. The van der Waals surface area contributed by atoms with Crippen molar-refractivity contribution in [2.75, 3.05) is 5.32 Å². The van der Waals surface area contributed by atoms with Crippen molar-refractivity contribution in [3.8, 4) is 0 Å². The number of aromatic nitrogens is 2. The van der Waals surface area contributed by atoms with E-state index in [1.165, 1.54) is 0 Å². The van der Waals surface area contributed by atoms with Gasteiger partial charge in [0.1, 0.15) is 0 Å². The van der Waals surface area contributed by atoms with Crippen LogP contribution in [0, 0.1) is 10.1 Å². The SMILES string of the molecule is O=c1[nH]c2ccc(NCc3csc([N+](=O)[O-])c3)cc2[nH]1. The summed E-state index contributed by atoms with van der Waals surface area (Å²) in [6.45, 7) is 0.491. The molecule has 0 saturated heterocycles. The van der Waals surface area contributed by atoms with Crippen molar-refractivity contribution in [3.05, 3.63) is 55.8 Å². The van der Waals surface area contributed by atoms with Gasteiger partial charge < -0.3 is 15.3 Å². The van der Waals surface area contributed by atoms with E-state index in [4.69, 9.17) is 0 Å². The molecule has 0 radical (unpaired) electrons. The number of nitro groups is 1. The Morgan fingerprint density at radius 2 is 2.05 bits per heavy atom. The highest BCUT2D eigenvalue weighted by Gasteiger charge is 2.09. The second-order valence-corrected chi connectivity index (χ2v) is 5.13. The summed E-state index contributed by atoms with van der Waals surface area (Å²) in [5.41, 5.74) is 2.90.